The number of sulfonamides is 1. The first-order valence-electron chi connectivity index (χ1n) is 6.55. The number of hydrogen-bond donors (Lipinski definition) is 1. The van der Waals surface area contributed by atoms with Crippen molar-refractivity contribution in [2.45, 2.75) is 11.3 Å². The van der Waals surface area contributed by atoms with Crippen molar-refractivity contribution < 1.29 is 13.2 Å². The maximum atomic E-state index is 12.3. The summed E-state index contributed by atoms with van der Waals surface area (Å²) in [5.41, 5.74) is 2.02. The largest absolute Gasteiger partial charge is 0.315 e. The van der Waals surface area contributed by atoms with Crippen molar-refractivity contribution in [1.29, 1.82) is 0 Å². The van der Waals surface area contributed by atoms with E-state index in [1.54, 1.807) is 42.3 Å². The van der Waals surface area contributed by atoms with Gasteiger partial charge in [0.2, 0.25) is 5.91 Å². The lowest BCUT2D eigenvalue weighted by Crippen LogP contribution is -2.20. The molecule has 2 aromatic rings. The molecular formula is C15H13ClN2O3S. The average molecular weight is 337 g/mol. The number of fused-ring (bicyclic) bond motifs is 1. The SMILES string of the molecule is CN1C(=O)Cc2cc(NS(=O)(=O)c3cccc(Cl)c3)ccc21. The smallest absolute Gasteiger partial charge is 0.261 e. The van der Waals surface area contributed by atoms with Crippen molar-refractivity contribution in [2.24, 2.45) is 0 Å². The van der Waals surface area contributed by atoms with Gasteiger partial charge in [-0.15, -0.1) is 0 Å². The lowest BCUT2D eigenvalue weighted by molar-refractivity contribution is -0.117. The van der Waals surface area contributed by atoms with Gasteiger partial charge >= 0.3 is 0 Å². The van der Waals surface area contributed by atoms with E-state index in [-0.39, 0.29) is 17.2 Å². The molecule has 0 saturated carbocycles. The van der Waals surface area contributed by atoms with Crippen LogP contribution in [0.4, 0.5) is 11.4 Å². The topological polar surface area (TPSA) is 66.5 Å². The summed E-state index contributed by atoms with van der Waals surface area (Å²) in [7, 11) is -2.01. The molecule has 1 aliphatic heterocycles. The summed E-state index contributed by atoms with van der Waals surface area (Å²) >= 11 is 5.83. The highest BCUT2D eigenvalue weighted by atomic mass is 35.5. The molecule has 114 valence electrons. The Bertz CT molecular complexity index is 865. The van der Waals surface area contributed by atoms with Crippen LogP contribution in [-0.2, 0) is 21.2 Å². The maximum absolute atomic E-state index is 12.3. The zero-order valence-corrected chi connectivity index (χ0v) is 13.3. The number of nitrogens with zero attached hydrogens (tertiary/aromatic N) is 1. The van der Waals surface area contributed by atoms with E-state index in [2.05, 4.69) is 4.72 Å². The van der Waals surface area contributed by atoms with Gasteiger partial charge in [-0.2, -0.15) is 0 Å². The first-order valence-corrected chi connectivity index (χ1v) is 8.41. The van der Waals surface area contributed by atoms with Gasteiger partial charge in [0.05, 0.1) is 11.3 Å². The lowest BCUT2D eigenvalue weighted by Gasteiger charge is -2.12. The Morgan fingerprint density at radius 1 is 1.18 bits per heavy atom. The average Bonchev–Trinajstić information content (AvgIpc) is 2.73. The molecule has 0 aliphatic carbocycles. The number of hydrogen-bond acceptors (Lipinski definition) is 3. The van der Waals surface area contributed by atoms with E-state index in [0.717, 1.165) is 11.3 Å². The molecule has 2 aromatic carbocycles. The summed E-state index contributed by atoms with van der Waals surface area (Å²) < 4.78 is 27.2. The van der Waals surface area contributed by atoms with Crippen molar-refractivity contribution in [2.75, 3.05) is 16.7 Å². The van der Waals surface area contributed by atoms with E-state index >= 15 is 0 Å². The van der Waals surface area contributed by atoms with Gasteiger partial charge in [0.1, 0.15) is 0 Å². The Morgan fingerprint density at radius 3 is 2.68 bits per heavy atom. The number of nitrogens with one attached hydrogen (secondary N) is 1. The molecule has 5 nitrogen and oxygen atoms in total. The van der Waals surface area contributed by atoms with Crippen LogP contribution in [0.2, 0.25) is 5.02 Å². The minimum absolute atomic E-state index is 0.00940. The zero-order valence-electron chi connectivity index (χ0n) is 11.7. The van der Waals surface area contributed by atoms with Crippen LogP contribution in [0.1, 0.15) is 5.56 Å². The van der Waals surface area contributed by atoms with Gasteiger partial charge in [-0.1, -0.05) is 17.7 Å². The summed E-state index contributed by atoms with van der Waals surface area (Å²) in [6, 6.07) is 11.1. The molecule has 3 rings (SSSR count). The highest BCUT2D eigenvalue weighted by molar-refractivity contribution is 7.92. The quantitative estimate of drug-likeness (QED) is 0.937. The molecule has 0 fully saturated rings. The third kappa shape index (κ3) is 2.67. The second kappa shape index (κ2) is 5.30. The van der Waals surface area contributed by atoms with Crippen molar-refractivity contribution in [3.05, 3.63) is 53.1 Å². The number of halogens is 1. The van der Waals surface area contributed by atoms with E-state index in [1.807, 2.05) is 0 Å². The first-order chi connectivity index (χ1) is 10.4. The van der Waals surface area contributed by atoms with Crippen LogP contribution in [0.3, 0.4) is 0 Å². The third-order valence-electron chi connectivity index (χ3n) is 3.52. The fraction of sp³-hybridized carbons (Fsp3) is 0.133. The highest BCUT2D eigenvalue weighted by Crippen LogP contribution is 2.30. The van der Waals surface area contributed by atoms with Crippen molar-refractivity contribution >= 4 is 38.9 Å². The Morgan fingerprint density at radius 2 is 1.95 bits per heavy atom. The van der Waals surface area contributed by atoms with Gasteiger partial charge in [0.25, 0.3) is 10.0 Å². The lowest BCUT2D eigenvalue weighted by atomic mass is 10.1. The van der Waals surface area contributed by atoms with Crippen molar-refractivity contribution in [1.82, 2.24) is 0 Å². The van der Waals surface area contributed by atoms with Crippen LogP contribution in [0.25, 0.3) is 0 Å². The molecule has 1 amide bonds. The molecule has 1 heterocycles. The van der Waals surface area contributed by atoms with Gasteiger partial charge in [0, 0.05) is 23.4 Å². The van der Waals surface area contributed by atoms with E-state index < -0.39 is 10.0 Å². The van der Waals surface area contributed by atoms with Crippen LogP contribution in [-0.4, -0.2) is 21.4 Å². The Labute approximate surface area is 133 Å². The zero-order chi connectivity index (χ0) is 15.9. The van der Waals surface area contributed by atoms with Gasteiger partial charge in [0.15, 0.2) is 0 Å². The monoisotopic (exact) mass is 336 g/mol. The van der Waals surface area contributed by atoms with Crippen LogP contribution in [0.15, 0.2) is 47.4 Å². The maximum Gasteiger partial charge on any atom is 0.261 e. The molecule has 1 aliphatic rings. The molecule has 22 heavy (non-hydrogen) atoms. The Hall–Kier alpha value is -2.05. The summed E-state index contributed by atoms with van der Waals surface area (Å²) in [5.74, 6) is -0.00940. The fourth-order valence-electron chi connectivity index (χ4n) is 2.38. The molecule has 0 spiro atoms. The minimum atomic E-state index is -3.71. The summed E-state index contributed by atoms with van der Waals surface area (Å²) in [6.07, 6.45) is 0.276. The van der Waals surface area contributed by atoms with Gasteiger partial charge in [-0.3, -0.25) is 9.52 Å². The third-order valence-corrected chi connectivity index (χ3v) is 5.13. The molecule has 0 saturated heterocycles. The molecule has 7 heteroatoms. The Balaban J connectivity index is 1.91. The van der Waals surface area contributed by atoms with Crippen LogP contribution < -0.4 is 9.62 Å². The van der Waals surface area contributed by atoms with Gasteiger partial charge in [-0.05, 0) is 42.0 Å². The van der Waals surface area contributed by atoms with Crippen molar-refractivity contribution in [3.63, 3.8) is 0 Å². The summed E-state index contributed by atoms with van der Waals surface area (Å²) in [6.45, 7) is 0. The molecule has 1 N–H and O–H groups in total. The standard InChI is InChI=1S/C15H13ClN2O3S/c1-18-14-6-5-12(7-10(14)8-15(18)19)17-22(20,21)13-4-2-3-11(16)9-13/h2-7,9,17H,8H2,1H3. The number of amides is 1. The summed E-state index contributed by atoms with van der Waals surface area (Å²) in [4.78, 5) is 13.3. The molecule has 0 atom stereocenters. The van der Waals surface area contributed by atoms with Crippen LogP contribution in [0.5, 0.6) is 0 Å². The predicted molar refractivity (Wildman–Crippen MR) is 85.8 cm³/mol. The van der Waals surface area contributed by atoms with Gasteiger partial charge < -0.3 is 4.90 Å². The van der Waals surface area contributed by atoms with Crippen LogP contribution in [0, 0.1) is 0 Å². The number of benzene rings is 2. The number of anilines is 2. The van der Waals surface area contributed by atoms with E-state index in [4.69, 9.17) is 11.6 Å². The summed E-state index contributed by atoms with van der Waals surface area (Å²) in [5, 5.41) is 0.351. The number of carbonyl (C=O) groups excluding carboxylic acids is 1. The predicted octanol–water partition coefficient (Wildman–Crippen LogP) is 2.66. The van der Waals surface area contributed by atoms with E-state index in [0.29, 0.717) is 10.7 Å². The molecule has 0 aromatic heterocycles. The molecular weight excluding hydrogens is 324 g/mol. The normalized spacial score (nSPS) is 14.1. The number of likely N-dealkylation sites (N-methyl/N-ethyl adjacent to an activating group) is 1. The Kier molecular flexibility index (Phi) is 3.58. The van der Waals surface area contributed by atoms with Crippen LogP contribution >= 0.6 is 11.6 Å². The fourth-order valence-corrected chi connectivity index (χ4v) is 3.73. The minimum Gasteiger partial charge on any atom is -0.315 e. The van der Waals surface area contributed by atoms with E-state index in [9.17, 15) is 13.2 Å². The number of carbonyl (C=O) groups is 1. The molecule has 0 unspecified atom stereocenters. The second-order valence-electron chi connectivity index (χ2n) is 5.04. The van der Waals surface area contributed by atoms with Crippen molar-refractivity contribution in [3.8, 4) is 0 Å². The number of rotatable bonds is 3. The second-order valence-corrected chi connectivity index (χ2v) is 7.15. The first kappa shape index (κ1) is 14.9. The van der Waals surface area contributed by atoms with Gasteiger partial charge in [-0.25, -0.2) is 8.42 Å². The molecule has 0 radical (unpaired) electrons. The highest BCUT2D eigenvalue weighted by Gasteiger charge is 2.24. The molecule has 0 bridgehead atoms. The van der Waals surface area contributed by atoms with E-state index in [1.165, 1.54) is 12.1 Å².